The molecule has 4 heteroatoms. The summed E-state index contributed by atoms with van der Waals surface area (Å²) in [6.45, 7) is 0. The maximum Gasteiger partial charge on any atom is 0.239 e. The summed E-state index contributed by atoms with van der Waals surface area (Å²) in [5.41, 5.74) is 0. The van der Waals surface area contributed by atoms with Gasteiger partial charge in [0.15, 0.2) is 5.15 Å². The lowest BCUT2D eigenvalue weighted by Gasteiger charge is -2.02. The van der Waals surface area contributed by atoms with Gasteiger partial charge in [-0.1, -0.05) is 23.7 Å². The van der Waals surface area contributed by atoms with Crippen LogP contribution in [0.2, 0.25) is 5.15 Å². The minimum Gasteiger partial charge on any atom is -0.437 e. The predicted molar refractivity (Wildman–Crippen MR) is 52.4 cm³/mol. The number of rotatable bonds is 2. The quantitative estimate of drug-likeness (QED) is 0.756. The van der Waals surface area contributed by atoms with Gasteiger partial charge in [-0.05, 0) is 18.2 Å². The van der Waals surface area contributed by atoms with Crippen molar-refractivity contribution in [1.29, 1.82) is 0 Å². The van der Waals surface area contributed by atoms with Crippen molar-refractivity contribution in [2.45, 2.75) is 0 Å². The maximum absolute atomic E-state index is 5.65. The number of hydrogen-bond donors (Lipinski definition) is 0. The topological polar surface area (TPSA) is 35.0 Å². The molecule has 0 N–H and O–H groups in total. The summed E-state index contributed by atoms with van der Waals surface area (Å²) in [4.78, 5) is 7.79. The molecule has 1 aromatic heterocycles. The Morgan fingerprint density at radius 1 is 1.21 bits per heavy atom. The van der Waals surface area contributed by atoms with E-state index in [1.807, 2.05) is 0 Å². The van der Waals surface area contributed by atoms with Gasteiger partial charge in [0.2, 0.25) is 5.88 Å². The van der Waals surface area contributed by atoms with Crippen LogP contribution in [0, 0.1) is 6.07 Å². The summed E-state index contributed by atoms with van der Waals surface area (Å²) < 4.78 is 5.38. The average Bonchev–Trinajstić information content (AvgIpc) is 2.19. The van der Waals surface area contributed by atoms with Gasteiger partial charge in [-0.2, -0.15) is 4.98 Å². The van der Waals surface area contributed by atoms with Gasteiger partial charge in [-0.15, -0.1) is 0 Å². The van der Waals surface area contributed by atoms with Crippen LogP contribution in [0.3, 0.4) is 0 Å². The first-order valence-corrected chi connectivity index (χ1v) is 4.34. The normalized spacial score (nSPS) is 9.79. The standard InChI is InChI=1S/C10H6ClN2O/c11-9-6-12-7-10(13-9)14-8-4-2-1-3-5-8/h2-7H. The van der Waals surface area contributed by atoms with Gasteiger partial charge in [-0.25, -0.2) is 0 Å². The van der Waals surface area contributed by atoms with Crippen LogP contribution < -0.4 is 4.74 Å². The number of hydrogen-bond acceptors (Lipinski definition) is 3. The lowest BCUT2D eigenvalue weighted by molar-refractivity contribution is 0.460. The van der Waals surface area contributed by atoms with Gasteiger partial charge in [0.05, 0.1) is 12.4 Å². The molecular weight excluding hydrogens is 200 g/mol. The summed E-state index contributed by atoms with van der Waals surface area (Å²) in [6.07, 6.45) is 2.95. The molecule has 0 bridgehead atoms. The van der Waals surface area contributed by atoms with Crippen LogP contribution in [0.15, 0.2) is 36.7 Å². The monoisotopic (exact) mass is 205 g/mol. The van der Waals surface area contributed by atoms with E-state index in [1.54, 1.807) is 24.3 Å². The Kier molecular flexibility index (Phi) is 2.60. The Morgan fingerprint density at radius 3 is 2.71 bits per heavy atom. The third-order valence-electron chi connectivity index (χ3n) is 1.49. The third kappa shape index (κ3) is 2.20. The smallest absolute Gasteiger partial charge is 0.239 e. The van der Waals surface area contributed by atoms with E-state index in [0.717, 1.165) is 0 Å². The van der Waals surface area contributed by atoms with E-state index in [-0.39, 0.29) is 0 Å². The zero-order valence-corrected chi connectivity index (χ0v) is 7.90. The van der Waals surface area contributed by atoms with Crippen molar-refractivity contribution in [2.24, 2.45) is 0 Å². The van der Waals surface area contributed by atoms with Crippen molar-refractivity contribution in [3.8, 4) is 11.6 Å². The van der Waals surface area contributed by atoms with E-state index in [4.69, 9.17) is 16.3 Å². The van der Waals surface area contributed by atoms with E-state index in [9.17, 15) is 0 Å². The molecule has 0 unspecified atom stereocenters. The minimum atomic E-state index is 0.310. The van der Waals surface area contributed by atoms with Crippen LogP contribution in [0.4, 0.5) is 0 Å². The first-order chi connectivity index (χ1) is 6.84. The molecule has 1 heterocycles. The zero-order valence-electron chi connectivity index (χ0n) is 7.14. The lowest BCUT2D eigenvalue weighted by Crippen LogP contribution is -1.88. The van der Waals surface area contributed by atoms with Crippen molar-refractivity contribution in [2.75, 3.05) is 0 Å². The predicted octanol–water partition coefficient (Wildman–Crippen LogP) is 2.72. The van der Waals surface area contributed by atoms with E-state index in [1.165, 1.54) is 12.4 Å². The number of aromatic nitrogens is 2. The molecule has 2 rings (SSSR count). The highest BCUT2D eigenvalue weighted by molar-refractivity contribution is 6.29. The van der Waals surface area contributed by atoms with Crippen molar-refractivity contribution >= 4 is 11.6 Å². The van der Waals surface area contributed by atoms with E-state index in [0.29, 0.717) is 16.8 Å². The fourth-order valence-electron chi connectivity index (χ4n) is 0.935. The highest BCUT2D eigenvalue weighted by atomic mass is 35.5. The molecule has 0 spiro atoms. The fourth-order valence-corrected chi connectivity index (χ4v) is 1.07. The largest absolute Gasteiger partial charge is 0.437 e. The molecule has 1 aromatic carbocycles. The van der Waals surface area contributed by atoms with Crippen molar-refractivity contribution in [3.63, 3.8) is 0 Å². The van der Waals surface area contributed by atoms with Gasteiger partial charge in [0, 0.05) is 0 Å². The molecule has 3 nitrogen and oxygen atoms in total. The third-order valence-corrected chi connectivity index (χ3v) is 1.68. The molecule has 0 aliphatic heterocycles. The highest BCUT2D eigenvalue weighted by Gasteiger charge is 1.98. The fraction of sp³-hybridized carbons (Fsp3) is 0. The van der Waals surface area contributed by atoms with Gasteiger partial charge < -0.3 is 4.74 Å². The molecule has 1 radical (unpaired) electrons. The Morgan fingerprint density at radius 2 is 2.00 bits per heavy atom. The van der Waals surface area contributed by atoms with Gasteiger partial charge in [0.25, 0.3) is 0 Å². The number of ether oxygens (including phenoxy) is 1. The molecule has 69 valence electrons. The summed E-state index contributed by atoms with van der Waals surface area (Å²) in [5, 5.41) is 0.310. The second-order valence-electron chi connectivity index (χ2n) is 2.52. The van der Waals surface area contributed by atoms with Crippen LogP contribution in [0.25, 0.3) is 0 Å². The minimum absolute atomic E-state index is 0.310. The van der Waals surface area contributed by atoms with E-state index in [2.05, 4.69) is 16.0 Å². The Bertz CT molecular complexity index is 419. The highest BCUT2D eigenvalue weighted by Crippen LogP contribution is 2.18. The van der Waals surface area contributed by atoms with Gasteiger partial charge >= 0.3 is 0 Å². The second kappa shape index (κ2) is 4.07. The number of halogens is 1. The van der Waals surface area contributed by atoms with E-state index >= 15 is 0 Å². The molecule has 0 amide bonds. The van der Waals surface area contributed by atoms with Crippen molar-refractivity contribution in [1.82, 2.24) is 9.97 Å². The van der Waals surface area contributed by atoms with Crippen LogP contribution in [0.1, 0.15) is 0 Å². The first kappa shape index (κ1) is 8.97. The van der Waals surface area contributed by atoms with Crippen molar-refractivity contribution < 1.29 is 4.74 Å². The Balaban J connectivity index is 2.19. The number of benzene rings is 1. The molecule has 0 fully saturated rings. The summed E-state index contributed by atoms with van der Waals surface area (Å²) in [7, 11) is 0. The molecule has 0 aliphatic carbocycles. The van der Waals surface area contributed by atoms with Gasteiger partial charge in [-0.3, -0.25) is 4.98 Å². The average molecular weight is 206 g/mol. The second-order valence-corrected chi connectivity index (χ2v) is 2.91. The summed E-state index contributed by atoms with van der Waals surface area (Å²) in [5.74, 6) is 1.06. The lowest BCUT2D eigenvalue weighted by atomic mass is 10.3. The SMILES string of the molecule is Clc1cncc(Oc2cc[c]cc2)n1. The number of nitrogens with zero attached hydrogens (tertiary/aromatic N) is 2. The van der Waals surface area contributed by atoms with Crippen LogP contribution in [-0.2, 0) is 0 Å². The van der Waals surface area contributed by atoms with Crippen LogP contribution in [-0.4, -0.2) is 9.97 Å². The Labute approximate surface area is 86.3 Å². The summed E-state index contributed by atoms with van der Waals surface area (Å²) >= 11 is 5.65. The molecule has 0 atom stereocenters. The van der Waals surface area contributed by atoms with Crippen LogP contribution in [0.5, 0.6) is 11.6 Å². The molecular formula is C10H6ClN2O. The molecule has 0 saturated carbocycles. The van der Waals surface area contributed by atoms with Crippen LogP contribution >= 0.6 is 11.6 Å². The zero-order chi connectivity index (χ0) is 9.80. The van der Waals surface area contributed by atoms with Crippen molar-refractivity contribution in [3.05, 3.63) is 47.9 Å². The molecule has 0 aliphatic rings. The molecule has 2 aromatic rings. The van der Waals surface area contributed by atoms with Gasteiger partial charge in [0.1, 0.15) is 5.75 Å². The Hall–Kier alpha value is -1.61. The maximum atomic E-state index is 5.65. The molecule has 0 saturated heterocycles. The molecule has 14 heavy (non-hydrogen) atoms. The first-order valence-electron chi connectivity index (χ1n) is 3.96. The van der Waals surface area contributed by atoms with E-state index < -0.39 is 0 Å². The summed E-state index contributed by atoms with van der Waals surface area (Å²) in [6, 6.07) is 9.96.